The van der Waals surface area contributed by atoms with Crippen molar-refractivity contribution >= 4 is 27.1 Å². The van der Waals surface area contributed by atoms with Gasteiger partial charge in [0, 0.05) is 30.4 Å². The molecule has 0 radical (unpaired) electrons. The molecular weight excluding hydrogens is 310 g/mol. The number of aromatic nitrogens is 3. The molecule has 0 amide bonds. The van der Waals surface area contributed by atoms with Gasteiger partial charge in [-0.3, -0.25) is 9.55 Å². The molecule has 3 rings (SSSR count). The summed E-state index contributed by atoms with van der Waals surface area (Å²) < 4.78 is 8.08. The average molecular weight is 326 g/mol. The van der Waals surface area contributed by atoms with Crippen LogP contribution in [0.15, 0.2) is 21.5 Å². The highest BCUT2D eigenvalue weighted by Crippen LogP contribution is 2.32. The molecule has 102 valence electrons. The maximum atomic E-state index is 12.1. The fourth-order valence-electron chi connectivity index (χ4n) is 2.57. The monoisotopic (exact) mass is 325 g/mol. The fraction of sp³-hybridized carbons (Fsp3) is 0.538. The zero-order valence-electron chi connectivity index (χ0n) is 10.8. The second-order valence-electron chi connectivity index (χ2n) is 5.46. The summed E-state index contributed by atoms with van der Waals surface area (Å²) in [5.41, 5.74) is 1.52. The molecule has 0 spiro atoms. The summed E-state index contributed by atoms with van der Waals surface area (Å²) in [7, 11) is 0. The zero-order valence-corrected chi connectivity index (χ0v) is 12.4. The van der Waals surface area contributed by atoms with Crippen LogP contribution in [0.2, 0.25) is 0 Å². The summed E-state index contributed by atoms with van der Waals surface area (Å²) in [6.45, 7) is 4.46. The maximum Gasteiger partial charge on any atom is 0.327 e. The average Bonchev–Trinajstić information content (AvgIpc) is 2.67. The molecular formula is C13H16BrN3O2. The summed E-state index contributed by atoms with van der Waals surface area (Å²) in [6, 6.07) is 1.93. The third kappa shape index (κ3) is 2.47. The van der Waals surface area contributed by atoms with E-state index in [4.69, 9.17) is 4.74 Å². The fourth-order valence-corrected chi connectivity index (χ4v) is 2.89. The molecule has 0 aliphatic carbocycles. The molecule has 0 bridgehead atoms. The second kappa shape index (κ2) is 4.76. The molecule has 0 atom stereocenters. The number of fused-ring (bicyclic) bond motifs is 1. The number of ether oxygens (including phenoxy) is 1. The van der Waals surface area contributed by atoms with Gasteiger partial charge in [-0.2, -0.15) is 0 Å². The van der Waals surface area contributed by atoms with Gasteiger partial charge >= 0.3 is 5.69 Å². The van der Waals surface area contributed by atoms with Crippen molar-refractivity contribution in [3.63, 3.8) is 0 Å². The summed E-state index contributed by atoms with van der Waals surface area (Å²) in [5.74, 6) is 0. The van der Waals surface area contributed by atoms with E-state index in [9.17, 15) is 4.79 Å². The van der Waals surface area contributed by atoms with Crippen LogP contribution in [0.5, 0.6) is 0 Å². The molecule has 1 fully saturated rings. The van der Waals surface area contributed by atoms with E-state index in [1.54, 1.807) is 10.8 Å². The standard InChI is InChI=1S/C13H16BrN3O2/c1-13(2-4-19-5-3-13)8-17-10-6-9(14)7-15-11(10)16-12(17)18/h6-7H,2-5,8H2,1H3,(H,15,16,18). The number of imidazole rings is 1. The maximum absolute atomic E-state index is 12.1. The van der Waals surface area contributed by atoms with Gasteiger partial charge in [-0.25, -0.2) is 9.78 Å². The number of hydrogen-bond donors (Lipinski definition) is 1. The number of H-pyrrole nitrogens is 1. The van der Waals surface area contributed by atoms with Crippen LogP contribution in [-0.4, -0.2) is 27.7 Å². The molecule has 1 aliphatic heterocycles. The van der Waals surface area contributed by atoms with E-state index in [2.05, 4.69) is 32.8 Å². The molecule has 0 aromatic carbocycles. The van der Waals surface area contributed by atoms with Crippen LogP contribution in [-0.2, 0) is 11.3 Å². The molecule has 0 unspecified atom stereocenters. The van der Waals surface area contributed by atoms with E-state index in [1.165, 1.54) is 0 Å². The molecule has 1 N–H and O–H groups in total. The van der Waals surface area contributed by atoms with Gasteiger partial charge in [-0.15, -0.1) is 0 Å². The SMILES string of the molecule is CC1(Cn2c(=O)[nH]c3ncc(Br)cc32)CCOCC1. The Morgan fingerprint density at radius 3 is 3.00 bits per heavy atom. The Balaban J connectivity index is 2.02. The summed E-state index contributed by atoms with van der Waals surface area (Å²) >= 11 is 3.40. The van der Waals surface area contributed by atoms with Crippen LogP contribution in [0.25, 0.3) is 11.2 Å². The van der Waals surface area contributed by atoms with Gasteiger partial charge in [-0.1, -0.05) is 6.92 Å². The Kier molecular flexibility index (Phi) is 3.22. The van der Waals surface area contributed by atoms with Crippen LogP contribution in [0.3, 0.4) is 0 Å². The first-order chi connectivity index (χ1) is 9.07. The lowest BCUT2D eigenvalue weighted by Crippen LogP contribution is -2.34. The Morgan fingerprint density at radius 1 is 1.53 bits per heavy atom. The largest absolute Gasteiger partial charge is 0.381 e. The van der Waals surface area contributed by atoms with Crippen molar-refractivity contribution < 1.29 is 4.74 Å². The summed E-state index contributed by atoms with van der Waals surface area (Å²) in [4.78, 5) is 19.1. The molecule has 2 aromatic rings. The predicted molar refractivity (Wildman–Crippen MR) is 76.2 cm³/mol. The highest BCUT2D eigenvalue weighted by atomic mass is 79.9. The quantitative estimate of drug-likeness (QED) is 0.921. The normalized spacial score (nSPS) is 18.8. The molecule has 1 saturated heterocycles. The minimum absolute atomic E-state index is 0.0895. The number of halogens is 1. The molecule has 19 heavy (non-hydrogen) atoms. The van der Waals surface area contributed by atoms with E-state index >= 15 is 0 Å². The highest BCUT2D eigenvalue weighted by Gasteiger charge is 2.29. The Bertz CT molecular complexity index is 655. The van der Waals surface area contributed by atoms with Crippen molar-refractivity contribution in [1.82, 2.24) is 14.5 Å². The minimum Gasteiger partial charge on any atom is -0.381 e. The van der Waals surface area contributed by atoms with Gasteiger partial charge in [0.05, 0.1) is 5.52 Å². The summed E-state index contributed by atoms with van der Waals surface area (Å²) in [5, 5.41) is 0. The molecule has 1 aliphatic rings. The first-order valence-corrected chi connectivity index (χ1v) is 7.19. The van der Waals surface area contributed by atoms with Crippen LogP contribution in [0.4, 0.5) is 0 Å². The molecule has 2 aromatic heterocycles. The molecule has 6 heteroatoms. The van der Waals surface area contributed by atoms with Crippen LogP contribution in [0, 0.1) is 5.41 Å². The van der Waals surface area contributed by atoms with Gasteiger partial charge in [0.1, 0.15) is 0 Å². The topological polar surface area (TPSA) is 59.9 Å². The predicted octanol–water partition coefficient (Wildman–Crippen LogP) is 2.30. The van der Waals surface area contributed by atoms with Crippen molar-refractivity contribution in [3.8, 4) is 0 Å². The lowest BCUT2D eigenvalue weighted by atomic mass is 9.82. The van der Waals surface area contributed by atoms with Gasteiger partial charge in [0.15, 0.2) is 5.65 Å². The third-order valence-corrected chi connectivity index (χ3v) is 4.27. The second-order valence-corrected chi connectivity index (χ2v) is 6.38. The van der Waals surface area contributed by atoms with Gasteiger partial charge in [-0.05, 0) is 40.3 Å². The van der Waals surface area contributed by atoms with Crippen molar-refractivity contribution in [2.24, 2.45) is 5.41 Å². The number of nitrogens with one attached hydrogen (secondary N) is 1. The highest BCUT2D eigenvalue weighted by molar-refractivity contribution is 9.10. The lowest BCUT2D eigenvalue weighted by Gasteiger charge is -2.33. The zero-order chi connectivity index (χ0) is 13.5. The van der Waals surface area contributed by atoms with Crippen molar-refractivity contribution in [1.29, 1.82) is 0 Å². The molecule has 0 saturated carbocycles. The van der Waals surface area contributed by atoms with Crippen molar-refractivity contribution in [2.75, 3.05) is 13.2 Å². The van der Waals surface area contributed by atoms with E-state index in [1.807, 2.05) is 6.07 Å². The first-order valence-electron chi connectivity index (χ1n) is 6.39. The first kappa shape index (κ1) is 12.9. The van der Waals surface area contributed by atoms with Crippen LogP contribution < -0.4 is 5.69 Å². The Hall–Kier alpha value is -1.14. The van der Waals surface area contributed by atoms with E-state index in [0.29, 0.717) is 12.2 Å². The lowest BCUT2D eigenvalue weighted by molar-refractivity contribution is 0.0156. The van der Waals surface area contributed by atoms with E-state index < -0.39 is 0 Å². The van der Waals surface area contributed by atoms with Gasteiger partial charge in [0.25, 0.3) is 0 Å². The summed E-state index contributed by atoms with van der Waals surface area (Å²) in [6.07, 6.45) is 3.65. The Morgan fingerprint density at radius 2 is 2.26 bits per heavy atom. The molecule has 3 heterocycles. The van der Waals surface area contributed by atoms with Crippen molar-refractivity contribution in [2.45, 2.75) is 26.3 Å². The number of hydrogen-bond acceptors (Lipinski definition) is 3. The third-order valence-electron chi connectivity index (χ3n) is 3.84. The van der Waals surface area contributed by atoms with E-state index in [0.717, 1.165) is 36.0 Å². The smallest absolute Gasteiger partial charge is 0.327 e. The number of aromatic amines is 1. The van der Waals surface area contributed by atoms with Crippen molar-refractivity contribution in [3.05, 3.63) is 27.2 Å². The number of nitrogens with zero attached hydrogens (tertiary/aromatic N) is 2. The Labute approximate surface area is 119 Å². The van der Waals surface area contributed by atoms with Crippen LogP contribution in [0.1, 0.15) is 19.8 Å². The van der Waals surface area contributed by atoms with E-state index in [-0.39, 0.29) is 11.1 Å². The minimum atomic E-state index is -0.0895. The van der Waals surface area contributed by atoms with Crippen LogP contribution >= 0.6 is 15.9 Å². The van der Waals surface area contributed by atoms with Gasteiger partial charge in [0.2, 0.25) is 0 Å². The molecule has 5 nitrogen and oxygen atoms in total. The number of pyridine rings is 1. The van der Waals surface area contributed by atoms with Gasteiger partial charge < -0.3 is 4.74 Å². The number of rotatable bonds is 2.